The van der Waals surface area contributed by atoms with Gasteiger partial charge in [-0.25, -0.2) is 4.68 Å². The van der Waals surface area contributed by atoms with Gasteiger partial charge < -0.3 is 14.6 Å². The third-order valence-corrected chi connectivity index (χ3v) is 5.80. The van der Waals surface area contributed by atoms with Crippen molar-refractivity contribution in [1.29, 1.82) is 0 Å². The number of aliphatic hydroxyl groups excluding tert-OH is 1. The van der Waals surface area contributed by atoms with Crippen molar-refractivity contribution in [3.8, 4) is 17.3 Å². The van der Waals surface area contributed by atoms with Gasteiger partial charge in [-0.1, -0.05) is 56.7 Å². The standard InChI is InChI=1S/C28H39N3O3/c1-5-7-18-33-21-24(32)19-30(22(3)4)20-26-27(6-2)29-31(23-14-10-8-11-15-23)28(26)34-25-16-12-9-13-17-25/h8-17,22,24,32H,5-7,18-21H2,1-4H3. The Hall–Kier alpha value is -2.67. The predicted molar refractivity (Wildman–Crippen MR) is 137 cm³/mol. The third kappa shape index (κ3) is 7.16. The minimum absolute atomic E-state index is 0.236. The molecular weight excluding hydrogens is 426 g/mol. The van der Waals surface area contributed by atoms with Gasteiger partial charge in [0.25, 0.3) is 0 Å². The van der Waals surface area contributed by atoms with E-state index in [1.165, 1.54) is 0 Å². The molecule has 0 saturated carbocycles. The molecule has 0 aliphatic heterocycles. The average molecular weight is 466 g/mol. The summed E-state index contributed by atoms with van der Waals surface area (Å²) in [7, 11) is 0. The summed E-state index contributed by atoms with van der Waals surface area (Å²) in [6.07, 6.45) is 2.34. The number of benzene rings is 2. The van der Waals surface area contributed by atoms with Crippen LogP contribution < -0.4 is 4.74 Å². The number of ether oxygens (including phenoxy) is 2. The Bertz CT molecular complexity index is 973. The normalized spacial score (nSPS) is 12.4. The van der Waals surface area contributed by atoms with E-state index >= 15 is 0 Å². The van der Waals surface area contributed by atoms with Gasteiger partial charge in [-0.3, -0.25) is 4.90 Å². The molecule has 0 aliphatic carbocycles. The van der Waals surface area contributed by atoms with E-state index in [1.54, 1.807) is 0 Å². The van der Waals surface area contributed by atoms with Crippen molar-refractivity contribution in [3.05, 3.63) is 71.9 Å². The number of aryl methyl sites for hydroxylation is 1. The fourth-order valence-corrected chi connectivity index (χ4v) is 3.82. The van der Waals surface area contributed by atoms with Crippen LogP contribution in [0.5, 0.6) is 11.6 Å². The van der Waals surface area contributed by atoms with Crippen LogP contribution in [0, 0.1) is 0 Å². The molecular formula is C28H39N3O3. The summed E-state index contributed by atoms with van der Waals surface area (Å²) in [5.74, 6) is 1.48. The Kier molecular flexibility index (Phi) is 10.1. The first-order valence-electron chi connectivity index (χ1n) is 12.4. The molecule has 2 aromatic carbocycles. The second kappa shape index (κ2) is 13.3. The minimum atomic E-state index is -0.549. The molecule has 0 aliphatic rings. The van der Waals surface area contributed by atoms with Gasteiger partial charge in [0, 0.05) is 25.7 Å². The molecule has 6 nitrogen and oxygen atoms in total. The molecule has 0 bridgehead atoms. The Balaban J connectivity index is 1.90. The summed E-state index contributed by atoms with van der Waals surface area (Å²) in [4.78, 5) is 2.26. The highest BCUT2D eigenvalue weighted by molar-refractivity contribution is 5.43. The lowest BCUT2D eigenvalue weighted by Gasteiger charge is -2.29. The molecule has 34 heavy (non-hydrogen) atoms. The van der Waals surface area contributed by atoms with Crippen molar-refractivity contribution >= 4 is 0 Å². The number of nitrogens with zero attached hydrogens (tertiary/aromatic N) is 3. The van der Waals surface area contributed by atoms with E-state index < -0.39 is 6.10 Å². The van der Waals surface area contributed by atoms with Crippen molar-refractivity contribution in [2.45, 2.75) is 65.6 Å². The SMILES string of the molecule is CCCCOCC(O)CN(Cc1c(CC)nn(-c2ccccc2)c1Oc1ccccc1)C(C)C. The monoisotopic (exact) mass is 465 g/mol. The number of hydrogen-bond donors (Lipinski definition) is 1. The van der Waals surface area contributed by atoms with E-state index in [2.05, 4.69) is 32.6 Å². The summed E-state index contributed by atoms with van der Waals surface area (Å²) < 4.78 is 14.0. The molecule has 1 aromatic heterocycles. The molecule has 1 heterocycles. The number of para-hydroxylation sites is 2. The van der Waals surface area contributed by atoms with Crippen LogP contribution in [0.25, 0.3) is 5.69 Å². The van der Waals surface area contributed by atoms with Crippen molar-refractivity contribution in [2.24, 2.45) is 0 Å². The molecule has 1 unspecified atom stereocenters. The summed E-state index contributed by atoms with van der Waals surface area (Å²) in [6.45, 7) is 10.7. The van der Waals surface area contributed by atoms with Gasteiger partial charge in [-0.2, -0.15) is 5.10 Å². The fourth-order valence-electron chi connectivity index (χ4n) is 3.82. The van der Waals surface area contributed by atoms with E-state index in [1.807, 2.05) is 65.3 Å². The lowest BCUT2D eigenvalue weighted by Crippen LogP contribution is -2.39. The van der Waals surface area contributed by atoms with Crippen LogP contribution in [0.15, 0.2) is 60.7 Å². The number of unbranched alkanes of at least 4 members (excludes halogenated alkanes) is 1. The van der Waals surface area contributed by atoms with E-state index in [0.29, 0.717) is 32.2 Å². The molecule has 3 rings (SSSR count). The smallest absolute Gasteiger partial charge is 0.227 e. The summed E-state index contributed by atoms with van der Waals surface area (Å²) in [6, 6.07) is 20.1. The van der Waals surface area contributed by atoms with Crippen molar-refractivity contribution in [3.63, 3.8) is 0 Å². The number of aromatic nitrogens is 2. The zero-order valence-corrected chi connectivity index (χ0v) is 21.0. The molecule has 1 N–H and O–H groups in total. The maximum absolute atomic E-state index is 10.6. The number of hydrogen-bond acceptors (Lipinski definition) is 5. The zero-order chi connectivity index (χ0) is 24.3. The molecule has 0 amide bonds. The van der Waals surface area contributed by atoms with Gasteiger partial charge in [0.05, 0.1) is 29.7 Å². The predicted octanol–water partition coefficient (Wildman–Crippen LogP) is 5.62. The Morgan fingerprint density at radius 1 is 1.00 bits per heavy atom. The topological polar surface area (TPSA) is 59.8 Å². The molecule has 6 heteroatoms. The average Bonchev–Trinajstić information content (AvgIpc) is 3.19. The lowest BCUT2D eigenvalue weighted by atomic mass is 10.1. The van der Waals surface area contributed by atoms with Crippen molar-refractivity contribution < 1.29 is 14.6 Å². The van der Waals surface area contributed by atoms with Crippen LogP contribution in [0.1, 0.15) is 51.8 Å². The van der Waals surface area contributed by atoms with E-state index in [-0.39, 0.29) is 6.04 Å². The molecule has 0 spiro atoms. The highest BCUT2D eigenvalue weighted by Gasteiger charge is 2.24. The number of aliphatic hydroxyl groups is 1. The van der Waals surface area contributed by atoms with Crippen LogP contribution in [0.4, 0.5) is 0 Å². The van der Waals surface area contributed by atoms with E-state index in [0.717, 1.165) is 42.0 Å². The maximum atomic E-state index is 10.6. The zero-order valence-electron chi connectivity index (χ0n) is 21.0. The molecule has 0 radical (unpaired) electrons. The Morgan fingerprint density at radius 3 is 2.29 bits per heavy atom. The van der Waals surface area contributed by atoms with Gasteiger partial charge >= 0.3 is 0 Å². The summed E-state index contributed by atoms with van der Waals surface area (Å²) >= 11 is 0. The lowest BCUT2D eigenvalue weighted by molar-refractivity contribution is 0.00841. The molecule has 3 aromatic rings. The second-order valence-corrected chi connectivity index (χ2v) is 8.85. The van der Waals surface area contributed by atoms with Gasteiger partial charge in [-0.15, -0.1) is 0 Å². The summed E-state index contributed by atoms with van der Waals surface area (Å²) in [5.41, 5.74) is 2.99. The van der Waals surface area contributed by atoms with Gasteiger partial charge in [-0.05, 0) is 51.0 Å². The second-order valence-electron chi connectivity index (χ2n) is 8.85. The molecule has 0 fully saturated rings. The molecule has 0 saturated heterocycles. The molecule has 1 atom stereocenters. The third-order valence-electron chi connectivity index (χ3n) is 5.80. The van der Waals surface area contributed by atoms with Gasteiger partial charge in [0.1, 0.15) is 5.75 Å². The largest absolute Gasteiger partial charge is 0.439 e. The van der Waals surface area contributed by atoms with Gasteiger partial charge in [0.2, 0.25) is 5.88 Å². The van der Waals surface area contributed by atoms with Crippen LogP contribution in [-0.2, 0) is 17.7 Å². The highest BCUT2D eigenvalue weighted by atomic mass is 16.5. The van der Waals surface area contributed by atoms with Crippen molar-refractivity contribution in [1.82, 2.24) is 14.7 Å². The first-order valence-corrected chi connectivity index (χ1v) is 12.4. The number of rotatable bonds is 14. The maximum Gasteiger partial charge on any atom is 0.227 e. The van der Waals surface area contributed by atoms with Crippen LogP contribution in [0.3, 0.4) is 0 Å². The fraction of sp³-hybridized carbons (Fsp3) is 0.464. The van der Waals surface area contributed by atoms with Crippen LogP contribution in [0.2, 0.25) is 0 Å². The van der Waals surface area contributed by atoms with Gasteiger partial charge in [0.15, 0.2) is 0 Å². The summed E-state index contributed by atoms with van der Waals surface area (Å²) in [5, 5.41) is 15.6. The quantitative estimate of drug-likeness (QED) is 0.313. The first-order chi connectivity index (χ1) is 16.5. The van der Waals surface area contributed by atoms with E-state index in [4.69, 9.17) is 14.6 Å². The van der Waals surface area contributed by atoms with Crippen LogP contribution >= 0.6 is 0 Å². The highest BCUT2D eigenvalue weighted by Crippen LogP contribution is 2.32. The molecule has 184 valence electrons. The minimum Gasteiger partial charge on any atom is -0.439 e. The Labute approximate surface area is 204 Å². The van der Waals surface area contributed by atoms with Crippen LogP contribution in [-0.4, -0.2) is 51.7 Å². The Morgan fingerprint density at radius 2 is 1.68 bits per heavy atom. The van der Waals surface area contributed by atoms with Crippen molar-refractivity contribution in [2.75, 3.05) is 19.8 Å². The first kappa shape index (κ1) is 25.9. The van der Waals surface area contributed by atoms with E-state index in [9.17, 15) is 5.11 Å².